The highest BCUT2D eigenvalue weighted by molar-refractivity contribution is 5.61. The lowest BCUT2D eigenvalue weighted by molar-refractivity contribution is -0.0278. The zero-order valence-electron chi connectivity index (χ0n) is 9.49. The van der Waals surface area contributed by atoms with E-state index in [-0.39, 0.29) is 16.8 Å². The van der Waals surface area contributed by atoms with Gasteiger partial charge in [-0.15, -0.1) is 0 Å². The van der Waals surface area contributed by atoms with Crippen LogP contribution in [0.25, 0.3) is 0 Å². The maximum absolute atomic E-state index is 11.4. The van der Waals surface area contributed by atoms with Gasteiger partial charge in [0.05, 0.1) is 18.5 Å². The van der Waals surface area contributed by atoms with Crippen molar-refractivity contribution >= 4 is 11.5 Å². The smallest absolute Gasteiger partial charge is 0.276 e. The number of aromatic amines is 1. The van der Waals surface area contributed by atoms with Crippen LogP contribution < -0.4 is 16.2 Å². The number of anilines is 2. The summed E-state index contributed by atoms with van der Waals surface area (Å²) < 4.78 is 5.59. The van der Waals surface area contributed by atoms with Crippen LogP contribution in [0.3, 0.4) is 0 Å². The van der Waals surface area contributed by atoms with Crippen molar-refractivity contribution in [1.29, 1.82) is 0 Å². The summed E-state index contributed by atoms with van der Waals surface area (Å²) in [5, 5.41) is 0. The minimum atomic E-state index is -0.297. The van der Waals surface area contributed by atoms with E-state index in [0.717, 1.165) is 0 Å². The highest BCUT2D eigenvalue weighted by Gasteiger charge is 2.29. The second-order valence-corrected chi connectivity index (χ2v) is 4.50. The summed E-state index contributed by atoms with van der Waals surface area (Å²) in [5.74, 6) is 0.542. The molecule has 6 heteroatoms. The minimum absolute atomic E-state index is 0.167. The molecule has 0 bridgehead atoms. The van der Waals surface area contributed by atoms with Crippen LogP contribution in [0.1, 0.15) is 13.8 Å². The molecule has 6 nitrogen and oxygen atoms in total. The number of morpholine rings is 1. The van der Waals surface area contributed by atoms with E-state index in [0.29, 0.717) is 25.5 Å². The Hall–Kier alpha value is -1.56. The fraction of sp³-hybridized carbons (Fsp3) is 0.600. The van der Waals surface area contributed by atoms with Crippen LogP contribution in [0, 0.1) is 0 Å². The number of nitrogen functional groups attached to an aromatic ring is 1. The third-order valence-corrected chi connectivity index (χ3v) is 2.59. The van der Waals surface area contributed by atoms with Gasteiger partial charge in [-0.3, -0.25) is 4.79 Å². The third kappa shape index (κ3) is 2.01. The molecule has 0 saturated carbocycles. The maximum atomic E-state index is 11.4. The van der Waals surface area contributed by atoms with Gasteiger partial charge in [-0.1, -0.05) is 0 Å². The SMILES string of the molecule is CC1(C)CN(c2nc[nH]c(=O)c2N)CCO1. The quantitative estimate of drug-likeness (QED) is 0.699. The van der Waals surface area contributed by atoms with Crippen molar-refractivity contribution in [2.75, 3.05) is 30.3 Å². The second-order valence-electron chi connectivity index (χ2n) is 4.50. The van der Waals surface area contributed by atoms with Crippen molar-refractivity contribution in [2.24, 2.45) is 0 Å². The largest absolute Gasteiger partial charge is 0.391 e. The monoisotopic (exact) mass is 224 g/mol. The Bertz CT molecular complexity index is 441. The van der Waals surface area contributed by atoms with Gasteiger partial charge in [-0.2, -0.15) is 0 Å². The molecule has 0 atom stereocenters. The second kappa shape index (κ2) is 3.79. The molecule has 0 aromatic carbocycles. The molecular weight excluding hydrogens is 208 g/mol. The predicted octanol–water partition coefficient (Wildman–Crippen LogP) is -0.0327. The number of rotatable bonds is 1. The van der Waals surface area contributed by atoms with Crippen LogP contribution in [0.4, 0.5) is 11.5 Å². The first kappa shape index (κ1) is 10.9. The fourth-order valence-electron chi connectivity index (χ4n) is 1.85. The minimum Gasteiger partial charge on any atom is -0.391 e. The van der Waals surface area contributed by atoms with Gasteiger partial charge in [-0.05, 0) is 13.8 Å². The molecule has 1 aromatic heterocycles. The molecule has 1 fully saturated rings. The molecule has 2 heterocycles. The number of hydrogen-bond acceptors (Lipinski definition) is 5. The Balaban J connectivity index is 2.31. The summed E-state index contributed by atoms with van der Waals surface area (Å²) in [5.41, 5.74) is 5.34. The van der Waals surface area contributed by atoms with Gasteiger partial charge in [0.2, 0.25) is 0 Å². The van der Waals surface area contributed by atoms with Gasteiger partial charge < -0.3 is 20.4 Å². The first-order valence-corrected chi connectivity index (χ1v) is 5.22. The van der Waals surface area contributed by atoms with Crippen LogP contribution in [-0.4, -0.2) is 35.3 Å². The standard InChI is InChI=1S/C10H16N4O2/c1-10(2)5-14(3-4-16-10)8-7(11)9(15)13-6-12-8/h6H,3-5,11H2,1-2H3,(H,12,13,15). The molecule has 1 aliphatic heterocycles. The number of aromatic nitrogens is 2. The van der Waals surface area contributed by atoms with E-state index in [4.69, 9.17) is 10.5 Å². The Morgan fingerprint density at radius 3 is 3.06 bits per heavy atom. The van der Waals surface area contributed by atoms with E-state index in [1.165, 1.54) is 6.33 Å². The Labute approximate surface area is 93.4 Å². The third-order valence-electron chi connectivity index (χ3n) is 2.59. The van der Waals surface area contributed by atoms with Crippen LogP contribution >= 0.6 is 0 Å². The Morgan fingerprint density at radius 2 is 2.38 bits per heavy atom. The summed E-state index contributed by atoms with van der Waals surface area (Å²) in [6.45, 7) is 5.99. The van der Waals surface area contributed by atoms with Crippen LogP contribution in [0.2, 0.25) is 0 Å². The first-order valence-electron chi connectivity index (χ1n) is 5.22. The molecule has 0 amide bonds. The van der Waals surface area contributed by atoms with Crippen molar-refractivity contribution in [3.8, 4) is 0 Å². The molecular formula is C10H16N4O2. The maximum Gasteiger partial charge on any atom is 0.276 e. The van der Waals surface area contributed by atoms with Gasteiger partial charge in [0.15, 0.2) is 5.82 Å². The molecule has 88 valence electrons. The number of nitrogens with zero attached hydrogens (tertiary/aromatic N) is 2. The lowest BCUT2D eigenvalue weighted by Crippen LogP contribution is -2.49. The van der Waals surface area contributed by atoms with E-state index < -0.39 is 0 Å². The van der Waals surface area contributed by atoms with Crippen LogP contribution in [0.15, 0.2) is 11.1 Å². The molecule has 2 rings (SSSR count). The number of H-pyrrole nitrogens is 1. The van der Waals surface area contributed by atoms with Crippen LogP contribution in [0.5, 0.6) is 0 Å². The number of ether oxygens (including phenoxy) is 1. The van der Waals surface area contributed by atoms with Crippen molar-refractivity contribution < 1.29 is 4.74 Å². The summed E-state index contributed by atoms with van der Waals surface area (Å²) in [6.07, 6.45) is 1.37. The van der Waals surface area contributed by atoms with Crippen LogP contribution in [-0.2, 0) is 4.74 Å². The molecule has 1 aromatic rings. The lowest BCUT2D eigenvalue weighted by atomic mass is 10.1. The number of hydrogen-bond donors (Lipinski definition) is 2. The average Bonchev–Trinajstić information content (AvgIpc) is 2.20. The first-order chi connectivity index (χ1) is 7.49. The van der Waals surface area contributed by atoms with Crippen molar-refractivity contribution in [3.63, 3.8) is 0 Å². The molecule has 0 spiro atoms. The molecule has 0 radical (unpaired) electrons. The highest BCUT2D eigenvalue weighted by Crippen LogP contribution is 2.23. The summed E-state index contributed by atoms with van der Waals surface area (Å²) >= 11 is 0. The van der Waals surface area contributed by atoms with Gasteiger partial charge in [0, 0.05) is 13.1 Å². The molecule has 16 heavy (non-hydrogen) atoms. The summed E-state index contributed by atoms with van der Waals surface area (Å²) in [6, 6.07) is 0. The van der Waals surface area contributed by atoms with Gasteiger partial charge >= 0.3 is 0 Å². The normalized spacial score (nSPS) is 19.8. The van der Waals surface area contributed by atoms with E-state index in [2.05, 4.69) is 9.97 Å². The van der Waals surface area contributed by atoms with E-state index in [1.54, 1.807) is 0 Å². The molecule has 1 saturated heterocycles. The van der Waals surface area contributed by atoms with Gasteiger partial charge in [0.25, 0.3) is 5.56 Å². The Kier molecular flexibility index (Phi) is 2.59. The zero-order valence-corrected chi connectivity index (χ0v) is 9.49. The number of nitrogens with two attached hydrogens (primary N) is 1. The Morgan fingerprint density at radius 1 is 1.62 bits per heavy atom. The lowest BCUT2D eigenvalue weighted by Gasteiger charge is -2.38. The van der Waals surface area contributed by atoms with Crippen molar-refractivity contribution in [2.45, 2.75) is 19.4 Å². The van der Waals surface area contributed by atoms with Gasteiger partial charge in [0.1, 0.15) is 5.69 Å². The topological polar surface area (TPSA) is 84.2 Å². The highest BCUT2D eigenvalue weighted by atomic mass is 16.5. The molecule has 3 N–H and O–H groups in total. The van der Waals surface area contributed by atoms with Gasteiger partial charge in [-0.25, -0.2) is 4.98 Å². The van der Waals surface area contributed by atoms with Crippen molar-refractivity contribution in [3.05, 3.63) is 16.7 Å². The molecule has 1 aliphatic rings. The van der Waals surface area contributed by atoms with E-state index >= 15 is 0 Å². The average molecular weight is 224 g/mol. The molecule has 0 aliphatic carbocycles. The number of nitrogens with one attached hydrogen (secondary N) is 1. The fourth-order valence-corrected chi connectivity index (χ4v) is 1.85. The van der Waals surface area contributed by atoms with E-state index in [9.17, 15) is 4.79 Å². The summed E-state index contributed by atoms with van der Waals surface area (Å²) in [4.78, 5) is 19.9. The predicted molar refractivity (Wildman–Crippen MR) is 61.5 cm³/mol. The zero-order chi connectivity index (χ0) is 11.8. The summed E-state index contributed by atoms with van der Waals surface area (Å²) in [7, 11) is 0. The molecule has 0 unspecified atom stereocenters. The van der Waals surface area contributed by atoms with E-state index in [1.807, 2.05) is 18.7 Å². The van der Waals surface area contributed by atoms with Crippen molar-refractivity contribution in [1.82, 2.24) is 9.97 Å².